The zero-order valence-corrected chi connectivity index (χ0v) is 5.49. The number of rotatable bonds is 5. The molecule has 0 aromatic rings. The topological polar surface area (TPSA) is 74.6 Å². The van der Waals surface area contributed by atoms with Crippen LogP contribution in [0.3, 0.4) is 0 Å². The van der Waals surface area contributed by atoms with Gasteiger partial charge in [0.05, 0.1) is 6.42 Å². The number of hydrogen-bond donors (Lipinski definition) is 2. The average molecular weight is 146 g/mol. The molecule has 0 saturated carbocycles. The van der Waals surface area contributed by atoms with Crippen LogP contribution in [-0.2, 0) is 9.59 Å². The molecule has 0 aromatic carbocycles. The Morgan fingerprint density at radius 3 is 2.50 bits per heavy atom. The number of ketones is 1. The fraction of sp³-hybridized carbons (Fsp3) is 0.667. The van der Waals surface area contributed by atoms with Gasteiger partial charge in [0.1, 0.15) is 12.1 Å². The summed E-state index contributed by atoms with van der Waals surface area (Å²) in [5.74, 6) is -0.304. The van der Waals surface area contributed by atoms with Crippen molar-refractivity contribution in [3.05, 3.63) is 0 Å². The first-order chi connectivity index (χ1) is 4.66. The summed E-state index contributed by atoms with van der Waals surface area (Å²) < 4.78 is 0. The Morgan fingerprint density at radius 1 is 1.50 bits per heavy atom. The molecule has 0 spiro atoms. The van der Waals surface area contributed by atoms with E-state index < -0.39 is 6.29 Å². The molecule has 0 aromatic heterocycles. The van der Waals surface area contributed by atoms with E-state index >= 15 is 0 Å². The van der Waals surface area contributed by atoms with Crippen LogP contribution in [0.1, 0.15) is 19.3 Å². The van der Waals surface area contributed by atoms with Crippen LogP contribution in [0.25, 0.3) is 0 Å². The van der Waals surface area contributed by atoms with Gasteiger partial charge >= 0.3 is 0 Å². The fourth-order valence-corrected chi connectivity index (χ4v) is 0.526. The summed E-state index contributed by atoms with van der Waals surface area (Å²) in [6.45, 7) is 0. The second-order valence-corrected chi connectivity index (χ2v) is 1.93. The predicted molar refractivity (Wildman–Crippen MR) is 33.1 cm³/mol. The lowest BCUT2D eigenvalue weighted by atomic mass is 10.2. The Morgan fingerprint density at radius 2 is 2.10 bits per heavy atom. The summed E-state index contributed by atoms with van der Waals surface area (Å²) in [6, 6.07) is 0. The minimum atomic E-state index is -1.58. The lowest BCUT2D eigenvalue weighted by molar-refractivity contribution is -0.128. The Labute approximate surface area is 58.5 Å². The Bertz CT molecular complexity index is 119. The van der Waals surface area contributed by atoms with E-state index in [4.69, 9.17) is 10.2 Å². The number of aliphatic hydroxyl groups excluding tert-OH is 1. The lowest BCUT2D eigenvalue weighted by Gasteiger charge is -1.98. The van der Waals surface area contributed by atoms with Crippen molar-refractivity contribution < 1.29 is 19.8 Å². The van der Waals surface area contributed by atoms with Gasteiger partial charge in [-0.25, -0.2) is 0 Å². The minimum Gasteiger partial charge on any atom is -0.368 e. The standard InChI is InChI=1S/C6H10O4/c7-3-1-2-5(8)4-6(9)10/h3,6,9-10H,1-2,4H2. The van der Waals surface area contributed by atoms with Crippen molar-refractivity contribution in [2.45, 2.75) is 25.6 Å². The highest BCUT2D eigenvalue weighted by Crippen LogP contribution is 1.95. The van der Waals surface area contributed by atoms with Crippen LogP contribution in [0.5, 0.6) is 0 Å². The van der Waals surface area contributed by atoms with E-state index in [0.717, 1.165) is 0 Å². The van der Waals surface area contributed by atoms with Gasteiger partial charge < -0.3 is 15.0 Å². The number of carbonyl (C=O) groups is 2. The quantitative estimate of drug-likeness (QED) is 0.394. The molecule has 0 aliphatic heterocycles. The van der Waals surface area contributed by atoms with Crippen LogP contribution in [0.15, 0.2) is 0 Å². The normalized spacial score (nSPS) is 9.90. The predicted octanol–water partition coefficient (Wildman–Crippen LogP) is -0.765. The maximum Gasteiger partial charge on any atom is 0.158 e. The summed E-state index contributed by atoms with van der Waals surface area (Å²) >= 11 is 0. The molecule has 4 heteroatoms. The maximum atomic E-state index is 10.5. The molecule has 0 heterocycles. The van der Waals surface area contributed by atoms with Gasteiger partial charge in [0.2, 0.25) is 0 Å². The van der Waals surface area contributed by atoms with Gasteiger partial charge in [-0.15, -0.1) is 0 Å². The molecule has 58 valence electrons. The molecule has 10 heavy (non-hydrogen) atoms. The van der Waals surface area contributed by atoms with Crippen molar-refractivity contribution in [2.75, 3.05) is 0 Å². The summed E-state index contributed by atoms with van der Waals surface area (Å²) in [4.78, 5) is 20.3. The lowest BCUT2D eigenvalue weighted by Crippen LogP contribution is -2.11. The van der Waals surface area contributed by atoms with E-state index in [0.29, 0.717) is 6.29 Å². The molecule has 0 rings (SSSR count). The third-order valence-corrected chi connectivity index (χ3v) is 0.951. The van der Waals surface area contributed by atoms with E-state index in [-0.39, 0.29) is 25.0 Å². The van der Waals surface area contributed by atoms with E-state index in [9.17, 15) is 9.59 Å². The van der Waals surface area contributed by atoms with Crippen molar-refractivity contribution in [3.63, 3.8) is 0 Å². The maximum absolute atomic E-state index is 10.5. The third-order valence-electron chi connectivity index (χ3n) is 0.951. The third kappa shape index (κ3) is 5.40. The van der Waals surface area contributed by atoms with Gasteiger partial charge in [0, 0.05) is 12.8 Å². The molecule has 0 fully saturated rings. The Kier molecular flexibility index (Phi) is 4.70. The summed E-state index contributed by atoms with van der Waals surface area (Å²) in [5.41, 5.74) is 0. The number of aliphatic hydroxyl groups is 2. The molecular weight excluding hydrogens is 136 g/mol. The molecule has 2 N–H and O–H groups in total. The molecule has 0 aliphatic carbocycles. The number of aldehydes is 1. The average Bonchev–Trinajstić information content (AvgIpc) is 1.82. The van der Waals surface area contributed by atoms with Crippen LogP contribution < -0.4 is 0 Å². The first-order valence-electron chi connectivity index (χ1n) is 2.98. The van der Waals surface area contributed by atoms with Crippen LogP contribution in [0, 0.1) is 0 Å². The molecule has 0 unspecified atom stereocenters. The van der Waals surface area contributed by atoms with Crippen LogP contribution in [-0.4, -0.2) is 28.6 Å². The van der Waals surface area contributed by atoms with Crippen molar-refractivity contribution in [1.29, 1.82) is 0 Å². The highest BCUT2D eigenvalue weighted by molar-refractivity contribution is 5.80. The van der Waals surface area contributed by atoms with Gasteiger partial charge in [-0.1, -0.05) is 0 Å². The Balaban J connectivity index is 3.34. The van der Waals surface area contributed by atoms with Crippen molar-refractivity contribution in [2.24, 2.45) is 0 Å². The monoisotopic (exact) mass is 146 g/mol. The van der Waals surface area contributed by atoms with Gasteiger partial charge in [0.15, 0.2) is 6.29 Å². The fourth-order valence-electron chi connectivity index (χ4n) is 0.526. The largest absolute Gasteiger partial charge is 0.368 e. The molecular formula is C6H10O4. The van der Waals surface area contributed by atoms with Crippen LogP contribution in [0.2, 0.25) is 0 Å². The zero-order chi connectivity index (χ0) is 7.98. The molecule has 0 atom stereocenters. The number of Topliss-reactive ketones (excluding diaryl/α,β-unsaturated/α-hetero) is 1. The number of carbonyl (C=O) groups excluding carboxylic acids is 2. The summed E-state index contributed by atoms with van der Waals surface area (Å²) in [7, 11) is 0. The second-order valence-electron chi connectivity index (χ2n) is 1.93. The van der Waals surface area contributed by atoms with Crippen LogP contribution >= 0.6 is 0 Å². The van der Waals surface area contributed by atoms with E-state index in [2.05, 4.69) is 0 Å². The second kappa shape index (κ2) is 5.08. The summed E-state index contributed by atoms with van der Waals surface area (Å²) in [5, 5.41) is 16.5. The molecule has 0 amide bonds. The van der Waals surface area contributed by atoms with Crippen molar-refractivity contribution in [1.82, 2.24) is 0 Å². The van der Waals surface area contributed by atoms with E-state index in [1.54, 1.807) is 0 Å². The van der Waals surface area contributed by atoms with E-state index in [1.165, 1.54) is 0 Å². The van der Waals surface area contributed by atoms with Gasteiger partial charge in [-0.05, 0) is 0 Å². The molecule has 4 nitrogen and oxygen atoms in total. The highest BCUT2D eigenvalue weighted by Gasteiger charge is 2.05. The molecule has 0 bridgehead atoms. The Hall–Kier alpha value is -0.740. The first kappa shape index (κ1) is 9.26. The van der Waals surface area contributed by atoms with Crippen molar-refractivity contribution in [3.8, 4) is 0 Å². The minimum absolute atomic E-state index is 0.0983. The van der Waals surface area contributed by atoms with Gasteiger partial charge in [-0.3, -0.25) is 4.79 Å². The summed E-state index contributed by atoms with van der Waals surface area (Å²) in [6.07, 6.45) is -0.985. The molecule has 0 saturated heterocycles. The van der Waals surface area contributed by atoms with Gasteiger partial charge in [0.25, 0.3) is 0 Å². The molecule has 0 radical (unpaired) electrons. The van der Waals surface area contributed by atoms with Crippen molar-refractivity contribution >= 4 is 12.1 Å². The number of hydrogen-bond acceptors (Lipinski definition) is 4. The SMILES string of the molecule is O=CCCC(=O)CC(O)O. The zero-order valence-electron chi connectivity index (χ0n) is 5.49. The van der Waals surface area contributed by atoms with Gasteiger partial charge in [-0.2, -0.15) is 0 Å². The van der Waals surface area contributed by atoms with E-state index in [1.807, 2.05) is 0 Å². The highest BCUT2D eigenvalue weighted by atomic mass is 16.5. The van der Waals surface area contributed by atoms with Crippen LogP contribution in [0.4, 0.5) is 0 Å². The molecule has 0 aliphatic rings. The smallest absolute Gasteiger partial charge is 0.158 e. The first-order valence-corrected chi connectivity index (χ1v) is 2.98.